The monoisotopic (exact) mass is 229 g/mol. The maximum Gasteiger partial charge on any atom is 0.167 e. The summed E-state index contributed by atoms with van der Waals surface area (Å²) in [5.74, 6) is 0.324. The Morgan fingerprint density at radius 3 is 2.87 bits per heavy atom. The molecule has 2 heterocycles. The average Bonchev–Trinajstić information content (AvgIpc) is 2.46. The van der Waals surface area contributed by atoms with E-state index in [0.29, 0.717) is 23.3 Å². The lowest BCUT2D eigenvalue weighted by molar-refractivity contribution is 0.565. The third-order valence-corrected chi connectivity index (χ3v) is 2.97. The van der Waals surface area contributed by atoms with Gasteiger partial charge in [-0.25, -0.2) is 9.37 Å². The number of anilines is 1. The first kappa shape index (κ1) is 10.6. The van der Waals surface area contributed by atoms with E-state index < -0.39 is 0 Å². The highest BCUT2D eigenvalue weighted by molar-refractivity contribution is 6.30. The van der Waals surface area contributed by atoms with Crippen LogP contribution in [0, 0.1) is 11.7 Å². The second kappa shape index (κ2) is 3.94. The van der Waals surface area contributed by atoms with Gasteiger partial charge in [-0.3, -0.25) is 0 Å². The number of hydrogen-bond donors (Lipinski definition) is 1. The lowest BCUT2D eigenvalue weighted by atomic mass is 10.1. The number of aromatic nitrogens is 1. The van der Waals surface area contributed by atoms with E-state index in [1.54, 1.807) is 0 Å². The molecule has 0 aromatic carbocycles. The Kier molecular flexibility index (Phi) is 2.80. The standard InChI is InChI=1S/C10H13ClFN3/c1-6-4-15(5-9(6)13)10-8(12)2-7(11)3-14-10/h2-3,6,9H,4-5,13H2,1H3. The van der Waals surface area contributed by atoms with Crippen LogP contribution in [0.15, 0.2) is 12.3 Å². The Morgan fingerprint density at radius 1 is 1.60 bits per heavy atom. The molecule has 1 fully saturated rings. The van der Waals surface area contributed by atoms with Crippen LogP contribution in [0.5, 0.6) is 0 Å². The predicted molar refractivity (Wildman–Crippen MR) is 58.6 cm³/mol. The molecule has 2 atom stereocenters. The maximum absolute atomic E-state index is 13.5. The van der Waals surface area contributed by atoms with Gasteiger partial charge in [0.25, 0.3) is 0 Å². The van der Waals surface area contributed by atoms with Gasteiger partial charge in [0, 0.05) is 25.3 Å². The van der Waals surface area contributed by atoms with Gasteiger partial charge in [0.1, 0.15) is 0 Å². The Morgan fingerprint density at radius 2 is 2.33 bits per heavy atom. The molecule has 5 heteroatoms. The van der Waals surface area contributed by atoms with Crippen molar-refractivity contribution in [1.29, 1.82) is 0 Å². The fourth-order valence-electron chi connectivity index (χ4n) is 1.80. The van der Waals surface area contributed by atoms with Crippen LogP contribution in [0.4, 0.5) is 10.2 Å². The number of nitrogens with zero attached hydrogens (tertiary/aromatic N) is 2. The average molecular weight is 230 g/mol. The van der Waals surface area contributed by atoms with Crippen molar-refractivity contribution in [2.45, 2.75) is 13.0 Å². The first-order chi connectivity index (χ1) is 7.08. The third kappa shape index (κ3) is 2.06. The summed E-state index contributed by atoms with van der Waals surface area (Å²) in [5, 5.41) is 0.313. The van der Waals surface area contributed by atoms with Crippen molar-refractivity contribution in [2.24, 2.45) is 11.7 Å². The maximum atomic E-state index is 13.5. The van der Waals surface area contributed by atoms with E-state index in [2.05, 4.69) is 11.9 Å². The number of hydrogen-bond acceptors (Lipinski definition) is 3. The van der Waals surface area contributed by atoms with E-state index in [1.807, 2.05) is 4.90 Å². The molecular formula is C10H13ClFN3. The van der Waals surface area contributed by atoms with Gasteiger partial charge in [0.05, 0.1) is 5.02 Å². The minimum absolute atomic E-state index is 0.0851. The molecule has 0 amide bonds. The molecular weight excluding hydrogens is 217 g/mol. The molecule has 2 N–H and O–H groups in total. The van der Waals surface area contributed by atoms with Gasteiger partial charge in [-0.15, -0.1) is 0 Å². The van der Waals surface area contributed by atoms with Gasteiger partial charge in [0.2, 0.25) is 0 Å². The summed E-state index contributed by atoms with van der Waals surface area (Å²) in [4.78, 5) is 5.85. The zero-order valence-corrected chi connectivity index (χ0v) is 9.21. The van der Waals surface area contributed by atoms with Crippen LogP contribution in [0.2, 0.25) is 5.02 Å². The van der Waals surface area contributed by atoms with Crippen LogP contribution < -0.4 is 10.6 Å². The topological polar surface area (TPSA) is 42.2 Å². The third-order valence-electron chi connectivity index (χ3n) is 2.76. The first-order valence-corrected chi connectivity index (χ1v) is 5.27. The van der Waals surface area contributed by atoms with Crippen molar-refractivity contribution >= 4 is 17.4 Å². The zero-order chi connectivity index (χ0) is 11.0. The molecule has 1 saturated heterocycles. The number of halogens is 2. The molecule has 0 spiro atoms. The predicted octanol–water partition coefficient (Wildman–Crippen LogP) is 1.66. The summed E-state index contributed by atoms with van der Waals surface area (Å²) >= 11 is 5.64. The summed E-state index contributed by atoms with van der Waals surface area (Å²) in [5.41, 5.74) is 5.87. The molecule has 0 aliphatic carbocycles. The van der Waals surface area contributed by atoms with Gasteiger partial charge in [-0.2, -0.15) is 0 Å². The molecule has 0 saturated carbocycles. The van der Waals surface area contributed by atoms with Gasteiger partial charge in [-0.05, 0) is 12.0 Å². The molecule has 15 heavy (non-hydrogen) atoms. The van der Waals surface area contributed by atoms with Crippen LogP contribution in [0.3, 0.4) is 0 Å². The summed E-state index contributed by atoms with van der Waals surface area (Å²) in [6.07, 6.45) is 1.45. The first-order valence-electron chi connectivity index (χ1n) is 4.89. The van der Waals surface area contributed by atoms with E-state index in [1.165, 1.54) is 12.3 Å². The largest absolute Gasteiger partial charge is 0.352 e. The van der Waals surface area contributed by atoms with Crippen LogP contribution in [-0.2, 0) is 0 Å². The summed E-state index contributed by atoms with van der Waals surface area (Å²) in [6, 6.07) is 1.36. The minimum Gasteiger partial charge on any atom is -0.352 e. The zero-order valence-electron chi connectivity index (χ0n) is 8.45. The van der Waals surface area contributed by atoms with Crippen molar-refractivity contribution < 1.29 is 4.39 Å². The highest BCUT2D eigenvalue weighted by Crippen LogP contribution is 2.25. The quantitative estimate of drug-likeness (QED) is 0.797. The van der Waals surface area contributed by atoms with Crippen molar-refractivity contribution in [2.75, 3.05) is 18.0 Å². The molecule has 1 aromatic rings. The van der Waals surface area contributed by atoms with Gasteiger partial charge in [0.15, 0.2) is 11.6 Å². The second-order valence-corrected chi connectivity index (χ2v) is 4.44. The Balaban J connectivity index is 2.24. The van der Waals surface area contributed by atoms with Gasteiger partial charge >= 0.3 is 0 Å². The molecule has 2 unspecified atom stereocenters. The summed E-state index contributed by atoms with van der Waals surface area (Å²) in [6.45, 7) is 3.44. The highest BCUT2D eigenvalue weighted by Gasteiger charge is 2.28. The molecule has 1 aliphatic rings. The SMILES string of the molecule is CC1CN(c2ncc(Cl)cc2F)CC1N. The number of nitrogens with two attached hydrogens (primary N) is 1. The fraction of sp³-hybridized carbons (Fsp3) is 0.500. The van der Waals surface area contributed by atoms with Crippen molar-refractivity contribution in [3.8, 4) is 0 Å². The van der Waals surface area contributed by atoms with E-state index in [-0.39, 0.29) is 11.9 Å². The van der Waals surface area contributed by atoms with E-state index >= 15 is 0 Å². The Hall–Kier alpha value is -0.870. The van der Waals surface area contributed by atoms with E-state index in [4.69, 9.17) is 17.3 Å². The second-order valence-electron chi connectivity index (χ2n) is 4.01. The molecule has 2 rings (SSSR count). The molecule has 82 valence electrons. The van der Waals surface area contributed by atoms with Gasteiger partial charge in [-0.1, -0.05) is 18.5 Å². The fourth-order valence-corrected chi connectivity index (χ4v) is 1.95. The summed E-state index contributed by atoms with van der Waals surface area (Å²) < 4.78 is 13.5. The van der Waals surface area contributed by atoms with Crippen molar-refractivity contribution in [3.05, 3.63) is 23.1 Å². The van der Waals surface area contributed by atoms with E-state index in [9.17, 15) is 4.39 Å². The van der Waals surface area contributed by atoms with E-state index in [0.717, 1.165) is 6.54 Å². The Labute approximate surface area is 93.0 Å². The number of pyridine rings is 1. The normalized spacial score (nSPS) is 26.0. The molecule has 0 bridgehead atoms. The van der Waals surface area contributed by atoms with Crippen LogP contribution in [-0.4, -0.2) is 24.1 Å². The minimum atomic E-state index is -0.385. The molecule has 1 aromatic heterocycles. The summed E-state index contributed by atoms with van der Waals surface area (Å²) in [7, 11) is 0. The molecule has 3 nitrogen and oxygen atoms in total. The van der Waals surface area contributed by atoms with Crippen LogP contribution >= 0.6 is 11.6 Å². The smallest absolute Gasteiger partial charge is 0.167 e. The molecule has 1 aliphatic heterocycles. The van der Waals surface area contributed by atoms with Gasteiger partial charge < -0.3 is 10.6 Å². The lowest BCUT2D eigenvalue weighted by Gasteiger charge is -2.17. The van der Waals surface area contributed by atoms with Crippen LogP contribution in [0.1, 0.15) is 6.92 Å². The van der Waals surface area contributed by atoms with Crippen molar-refractivity contribution in [1.82, 2.24) is 4.98 Å². The molecule has 0 radical (unpaired) electrons. The number of rotatable bonds is 1. The van der Waals surface area contributed by atoms with Crippen LogP contribution in [0.25, 0.3) is 0 Å². The lowest BCUT2D eigenvalue weighted by Crippen LogP contribution is -2.29. The Bertz CT molecular complexity index is 362. The van der Waals surface area contributed by atoms with Crippen molar-refractivity contribution in [3.63, 3.8) is 0 Å². The highest BCUT2D eigenvalue weighted by atomic mass is 35.5.